The Kier molecular flexibility index (Phi) is 3.48. The van der Waals surface area contributed by atoms with Crippen molar-refractivity contribution in [1.82, 2.24) is 4.98 Å². The number of hydrogen-bond acceptors (Lipinski definition) is 4. The minimum Gasteiger partial charge on any atom is -0.491 e. The molecule has 1 aliphatic rings. The molecule has 0 unspecified atom stereocenters. The highest BCUT2D eigenvalue weighted by molar-refractivity contribution is 5.87. The lowest BCUT2D eigenvalue weighted by molar-refractivity contribution is 0.0696. The van der Waals surface area contributed by atoms with Gasteiger partial charge >= 0.3 is 5.97 Å². The summed E-state index contributed by atoms with van der Waals surface area (Å²) in [6.45, 7) is 3.89. The van der Waals surface area contributed by atoms with E-state index in [0.29, 0.717) is 13.2 Å². The highest BCUT2D eigenvalue weighted by Crippen LogP contribution is 2.26. The van der Waals surface area contributed by atoms with Crippen molar-refractivity contribution in [3.05, 3.63) is 53.2 Å². The number of pyridine rings is 1. The van der Waals surface area contributed by atoms with Gasteiger partial charge in [-0.05, 0) is 24.6 Å². The smallest absolute Gasteiger partial charge is 0.337 e. The first-order chi connectivity index (χ1) is 10.1. The van der Waals surface area contributed by atoms with Crippen LogP contribution in [-0.2, 0) is 6.54 Å². The Hall–Kier alpha value is -2.56. The van der Waals surface area contributed by atoms with Crippen LogP contribution in [0.2, 0.25) is 0 Å². The SMILES string of the molecule is Cc1cc(C(=O)O)cnc1N1CCOc2ccccc2C1. The Morgan fingerprint density at radius 1 is 1.38 bits per heavy atom. The standard InChI is InChI=1S/C16H16N2O3/c1-11-8-13(16(19)20)9-17-15(11)18-6-7-21-14-5-3-2-4-12(14)10-18/h2-5,8-9H,6-7,10H2,1H3,(H,19,20). The molecule has 0 fully saturated rings. The first-order valence-electron chi connectivity index (χ1n) is 6.81. The van der Waals surface area contributed by atoms with Crippen molar-refractivity contribution < 1.29 is 14.6 Å². The number of anilines is 1. The molecule has 0 saturated heterocycles. The molecule has 2 aromatic rings. The fourth-order valence-electron chi connectivity index (χ4n) is 2.52. The van der Waals surface area contributed by atoms with Gasteiger partial charge in [0.25, 0.3) is 0 Å². The van der Waals surface area contributed by atoms with Gasteiger partial charge < -0.3 is 14.7 Å². The third-order valence-corrected chi connectivity index (χ3v) is 3.55. The molecule has 5 nitrogen and oxygen atoms in total. The van der Waals surface area contributed by atoms with Crippen LogP contribution in [0.1, 0.15) is 21.5 Å². The van der Waals surface area contributed by atoms with Crippen LogP contribution in [0.15, 0.2) is 36.5 Å². The van der Waals surface area contributed by atoms with E-state index in [0.717, 1.165) is 29.2 Å². The van der Waals surface area contributed by atoms with E-state index >= 15 is 0 Å². The molecule has 3 rings (SSSR count). The molecule has 0 amide bonds. The summed E-state index contributed by atoms with van der Waals surface area (Å²) in [6, 6.07) is 9.60. The Balaban J connectivity index is 1.92. The summed E-state index contributed by atoms with van der Waals surface area (Å²) in [7, 11) is 0. The predicted molar refractivity (Wildman–Crippen MR) is 78.9 cm³/mol. The second-order valence-electron chi connectivity index (χ2n) is 5.05. The van der Waals surface area contributed by atoms with E-state index in [9.17, 15) is 4.79 Å². The summed E-state index contributed by atoms with van der Waals surface area (Å²) in [5, 5.41) is 9.01. The van der Waals surface area contributed by atoms with Crippen molar-refractivity contribution in [2.45, 2.75) is 13.5 Å². The van der Waals surface area contributed by atoms with Crippen molar-refractivity contribution in [1.29, 1.82) is 0 Å². The molecule has 5 heteroatoms. The summed E-state index contributed by atoms with van der Waals surface area (Å²) >= 11 is 0. The van der Waals surface area contributed by atoms with Gasteiger partial charge in [0.05, 0.1) is 12.1 Å². The van der Waals surface area contributed by atoms with E-state index < -0.39 is 5.97 Å². The number of carbonyl (C=O) groups is 1. The van der Waals surface area contributed by atoms with Crippen molar-refractivity contribution in [2.24, 2.45) is 0 Å². The van der Waals surface area contributed by atoms with E-state index in [4.69, 9.17) is 9.84 Å². The average molecular weight is 284 g/mol. The van der Waals surface area contributed by atoms with E-state index in [2.05, 4.69) is 9.88 Å². The molecule has 1 aromatic heterocycles. The molecule has 1 aromatic carbocycles. The molecule has 2 heterocycles. The van der Waals surface area contributed by atoms with Gasteiger partial charge in [0.15, 0.2) is 0 Å². The van der Waals surface area contributed by atoms with Gasteiger partial charge in [-0.3, -0.25) is 0 Å². The highest BCUT2D eigenvalue weighted by Gasteiger charge is 2.18. The molecule has 1 aliphatic heterocycles. The number of para-hydroxylation sites is 1. The van der Waals surface area contributed by atoms with Gasteiger partial charge in [-0.25, -0.2) is 9.78 Å². The number of hydrogen-bond donors (Lipinski definition) is 1. The monoisotopic (exact) mass is 284 g/mol. The molecular weight excluding hydrogens is 268 g/mol. The lowest BCUT2D eigenvalue weighted by Crippen LogP contribution is -2.27. The largest absolute Gasteiger partial charge is 0.491 e. The van der Waals surface area contributed by atoms with Gasteiger partial charge in [-0.2, -0.15) is 0 Å². The first kappa shape index (κ1) is 13.4. The summed E-state index contributed by atoms with van der Waals surface area (Å²) in [6.07, 6.45) is 1.41. The molecule has 0 aliphatic carbocycles. The van der Waals surface area contributed by atoms with E-state index in [1.807, 2.05) is 31.2 Å². The Bertz CT molecular complexity index is 685. The summed E-state index contributed by atoms with van der Waals surface area (Å²) in [5.41, 5.74) is 2.18. The number of fused-ring (bicyclic) bond motifs is 1. The van der Waals surface area contributed by atoms with Gasteiger partial charge in [-0.1, -0.05) is 18.2 Å². The van der Waals surface area contributed by atoms with Crippen molar-refractivity contribution >= 4 is 11.8 Å². The molecule has 0 spiro atoms. The average Bonchev–Trinajstić information content (AvgIpc) is 2.69. The summed E-state index contributed by atoms with van der Waals surface area (Å²) < 4.78 is 5.74. The zero-order chi connectivity index (χ0) is 14.8. The number of ether oxygens (including phenoxy) is 1. The van der Waals surface area contributed by atoms with Gasteiger partial charge in [0.2, 0.25) is 0 Å². The number of aromatic carboxylic acids is 1. The topological polar surface area (TPSA) is 62.7 Å². The maximum atomic E-state index is 11.0. The normalized spacial score (nSPS) is 14.0. The van der Waals surface area contributed by atoms with Crippen LogP contribution in [0.5, 0.6) is 5.75 Å². The maximum Gasteiger partial charge on any atom is 0.337 e. The third-order valence-electron chi connectivity index (χ3n) is 3.55. The molecule has 108 valence electrons. The van der Waals surface area contributed by atoms with Crippen LogP contribution >= 0.6 is 0 Å². The number of aryl methyl sites for hydroxylation is 1. The van der Waals surface area contributed by atoms with E-state index in [-0.39, 0.29) is 5.56 Å². The van der Waals surface area contributed by atoms with Crippen LogP contribution in [0.25, 0.3) is 0 Å². The highest BCUT2D eigenvalue weighted by atomic mass is 16.5. The Morgan fingerprint density at radius 3 is 2.95 bits per heavy atom. The van der Waals surface area contributed by atoms with Crippen molar-refractivity contribution in [3.8, 4) is 5.75 Å². The lowest BCUT2D eigenvalue weighted by Gasteiger charge is -2.22. The van der Waals surface area contributed by atoms with Gasteiger partial charge in [-0.15, -0.1) is 0 Å². The second-order valence-corrected chi connectivity index (χ2v) is 5.05. The third kappa shape index (κ3) is 2.67. The molecule has 21 heavy (non-hydrogen) atoms. The van der Waals surface area contributed by atoms with Crippen LogP contribution in [-0.4, -0.2) is 29.2 Å². The summed E-state index contributed by atoms with van der Waals surface area (Å²) in [4.78, 5) is 17.4. The zero-order valence-electron chi connectivity index (χ0n) is 11.7. The fourth-order valence-corrected chi connectivity index (χ4v) is 2.52. The molecule has 0 saturated carbocycles. The number of aromatic nitrogens is 1. The molecule has 0 bridgehead atoms. The minimum absolute atomic E-state index is 0.211. The first-order valence-corrected chi connectivity index (χ1v) is 6.81. The molecule has 1 N–H and O–H groups in total. The number of nitrogens with zero attached hydrogens (tertiary/aromatic N) is 2. The number of carboxylic acids is 1. The second kappa shape index (κ2) is 5.44. The number of carboxylic acid groups (broad SMARTS) is 1. The Labute approximate surface area is 122 Å². The number of benzene rings is 1. The van der Waals surface area contributed by atoms with Crippen LogP contribution < -0.4 is 9.64 Å². The van der Waals surface area contributed by atoms with Crippen LogP contribution in [0, 0.1) is 6.92 Å². The van der Waals surface area contributed by atoms with E-state index in [1.165, 1.54) is 6.20 Å². The maximum absolute atomic E-state index is 11.0. The van der Waals surface area contributed by atoms with Gasteiger partial charge in [0, 0.05) is 18.3 Å². The molecule has 0 radical (unpaired) electrons. The molecule has 0 atom stereocenters. The zero-order valence-corrected chi connectivity index (χ0v) is 11.7. The lowest BCUT2D eigenvalue weighted by atomic mass is 10.1. The van der Waals surface area contributed by atoms with Crippen LogP contribution in [0.3, 0.4) is 0 Å². The van der Waals surface area contributed by atoms with E-state index in [1.54, 1.807) is 6.07 Å². The van der Waals surface area contributed by atoms with Crippen molar-refractivity contribution in [3.63, 3.8) is 0 Å². The van der Waals surface area contributed by atoms with Gasteiger partial charge in [0.1, 0.15) is 18.2 Å². The quantitative estimate of drug-likeness (QED) is 0.918. The van der Waals surface area contributed by atoms with Crippen molar-refractivity contribution in [2.75, 3.05) is 18.1 Å². The predicted octanol–water partition coefficient (Wildman–Crippen LogP) is 2.49. The number of rotatable bonds is 2. The minimum atomic E-state index is -0.957. The fraction of sp³-hybridized carbons (Fsp3) is 0.250. The molecular formula is C16H16N2O3. The Morgan fingerprint density at radius 2 is 2.19 bits per heavy atom. The van der Waals surface area contributed by atoms with Crippen LogP contribution in [0.4, 0.5) is 5.82 Å². The summed E-state index contributed by atoms with van der Waals surface area (Å²) in [5.74, 6) is 0.752.